The molecule has 24 heavy (non-hydrogen) atoms. The van der Waals surface area contributed by atoms with Gasteiger partial charge in [-0.1, -0.05) is 11.6 Å². The summed E-state index contributed by atoms with van der Waals surface area (Å²) in [4.78, 5) is 23.1. The van der Waals surface area contributed by atoms with E-state index in [1.165, 1.54) is 7.11 Å². The van der Waals surface area contributed by atoms with Crippen molar-refractivity contribution in [3.8, 4) is 5.75 Å². The third-order valence-corrected chi connectivity index (χ3v) is 4.33. The highest BCUT2D eigenvalue weighted by Crippen LogP contribution is 2.39. The summed E-state index contributed by atoms with van der Waals surface area (Å²) < 4.78 is 15.3. The van der Waals surface area contributed by atoms with E-state index in [0.717, 1.165) is 22.3 Å². The zero-order valence-electron chi connectivity index (χ0n) is 14.5. The third-order valence-electron chi connectivity index (χ3n) is 4.33. The van der Waals surface area contributed by atoms with Crippen molar-refractivity contribution in [2.24, 2.45) is 0 Å². The van der Waals surface area contributed by atoms with Gasteiger partial charge in [0.05, 0.1) is 25.5 Å². The lowest BCUT2D eigenvalue weighted by Gasteiger charge is -2.16. The molecule has 1 aliphatic heterocycles. The fourth-order valence-corrected chi connectivity index (χ4v) is 2.87. The lowest BCUT2D eigenvalue weighted by molar-refractivity contribution is -0.140. The van der Waals surface area contributed by atoms with Crippen LogP contribution in [0.2, 0.25) is 0 Å². The summed E-state index contributed by atoms with van der Waals surface area (Å²) in [7, 11) is 2.96. The molecule has 130 valence electrons. The molecule has 6 heteroatoms. The van der Waals surface area contributed by atoms with Gasteiger partial charge >= 0.3 is 11.9 Å². The Labute approximate surface area is 141 Å². The van der Waals surface area contributed by atoms with Crippen LogP contribution in [0, 0.1) is 6.92 Å². The number of esters is 2. The molecule has 1 aliphatic rings. The van der Waals surface area contributed by atoms with Crippen molar-refractivity contribution in [1.29, 1.82) is 0 Å². The fourth-order valence-electron chi connectivity index (χ4n) is 2.87. The van der Waals surface area contributed by atoms with Crippen LogP contribution in [0.15, 0.2) is 11.6 Å². The first kappa shape index (κ1) is 17.8. The Hall–Kier alpha value is -2.50. The molecule has 0 amide bonds. The van der Waals surface area contributed by atoms with Crippen molar-refractivity contribution < 1.29 is 23.8 Å². The first-order valence-corrected chi connectivity index (χ1v) is 7.78. The molecule has 0 fully saturated rings. The Morgan fingerprint density at radius 1 is 1.33 bits per heavy atom. The van der Waals surface area contributed by atoms with E-state index in [1.54, 1.807) is 7.11 Å². The topological polar surface area (TPSA) is 87.8 Å². The van der Waals surface area contributed by atoms with Gasteiger partial charge in [0.1, 0.15) is 12.4 Å². The van der Waals surface area contributed by atoms with E-state index in [1.807, 2.05) is 19.9 Å². The van der Waals surface area contributed by atoms with Gasteiger partial charge in [-0.3, -0.25) is 4.79 Å². The Morgan fingerprint density at radius 3 is 2.67 bits per heavy atom. The summed E-state index contributed by atoms with van der Waals surface area (Å²) in [5.41, 5.74) is 10.6. The number of ether oxygens (including phenoxy) is 3. The number of anilines is 1. The highest BCUT2D eigenvalue weighted by Gasteiger charge is 2.30. The maximum absolute atomic E-state index is 11.9. The fraction of sp³-hybridized carbons (Fsp3) is 0.444. The second kappa shape index (κ2) is 7.38. The lowest BCUT2D eigenvalue weighted by Crippen LogP contribution is -2.08. The lowest BCUT2D eigenvalue weighted by atomic mass is 9.94. The third kappa shape index (κ3) is 3.37. The molecule has 2 N–H and O–H groups in total. The molecule has 0 aliphatic carbocycles. The molecule has 0 unspecified atom stereocenters. The molecular formula is C18H23NO5. The van der Waals surface area contributed by atoms with Crippen molar-refractivity contribution in [1.82, 2.24) is 0 Å². The number of allylic oxidation sites excluding steroid dienone is 2. The summed E-state index contributed by atoms with van der Waals surface area (Å²) in [6, 6.07) is 0. The number of benzene rings is 1. The minimum Gasteiger partial charge on any atom is -0.496 e. The van der Waals surface area contributed by atoms with Crippen LogP contribution in [0.4, 0.5) is 5.69 Å². The molecule has 1 aromatic rings. The van der Waals surface area contributed by atoms with E-state index in [0.29, 0.717) is 36.3 Å². The Balaban J connectivity index is 2.30. The molecule has 0 saturated carbocycles. The van der Waals surface area contributed by atoms with Gasteiger partial charge in [-0.25, -0.2) is 4.79 Å². The van der Waals surface area contributed by atoms with Gasteiger partial charge in [-0.15, -0.1) is 0 Å². The predicted octanol–water partition coefficient (Wildman–Crippen LogP) is 2.70. The van der Waals surface area contributed by atoms with Crippen molar-refractivity contribution in [2.75, 3.05) is 20.0 Å². The summed E-state index contributed by atoms with van der Waals surface area (Å²) in [5.74, 6) is 0.0541. The summed E-state index contributed by atoms with van der Waals surface area (Å²) in [6.45, 7) is 4.07. The first-order valence-electron chi connectivity index (χ1n) is 7.78. The molecule has 1 aromatic carbocycles. The Bertz CT molecular complexity index is 706. The van der Waals surface area contributed by atoms with Gasteiger partial charge in [0.2, 0.25) is 0 Å². The summed E-state index contributed by atoms with van der Waals surface area (Å²) in [5, 5.41) is 0. The van der Waals surface area contributed by atoms with E-state index in [4.69, 9.17) is 15.2 Å². The van der Waals surface area contributed by atoms with E-state index < -0.39 is 0 Å². The number of nitrogens with two attached hydrogens (primary N) is 1. The van der Waals surface area contributed by atoms with Crippen molar-refractivity contribution in [3.63, 3.8) is 0 Å². The van der Waals surface area contributed by atoms with E-state index >= 15 is 0 Å². The van der Waals surface area contributed by atoms with Crippen LogP contribution >= 0.6 is 0 Å². The van der Waals surface area contributed by atoms with Crippen LogP contribution in [-0.2, 0) is 27.3 Å². The number of hydrogen-bond donors (Lipinski definition) is 1. The number of nitrogen functional groups attached to an aromatic ring is 1. The standard InChI is InChI=1S/C18H23NO5/c1-10(6-8-14(20)22-3)5-7-12-16(19)15-13(9-24-18(15)21)11(2)17(12)23-4/h5H,6-9,19H2,1-4H3/b10-5+. The molecule has 0 saturated heterocycles. The summed E-state index contributed by atoms with van der Waals surface area (Å²) >= 11 is 0. The molecule has 1 heterocycles. The zero-order valence-corrected chi connectivity index (χ0v) is 14.5. The number of hydrogen-bond acceptors (Lipinski definition) is 6. The van der Waals surface area contributed by atoms with Crippen molar-refractivity contribution in [3.05, 3.63) is 33.9 Å². The number of rotatable bonds is 6. The monoisotopic (exact) mass is 333 g/mol. The molecule has 0 radical (unpaired) electrons. The molecule has 0 atom stereocenters. The van der Waals surface area contributed by atoms with Crippen LogP contribution in [0.25, 0.3) is 0 Å². The van der Waals surface area contributed by atoms with E-state index in [9.17, 15) is 9.59 Å². The number of carbonyl (C=O) groups is 2. The second-order valence-electron chi connectivity index (χ2n) is 5.81. The van der Waals surface area contributed by atoms with Gasteiger partial charge in [0.25, 0.3) is 0 Å². The molecule has 6 nitrogen and oxygen atoms in total. The average Bonchev–Trinajstić information content (AvgIpc) is 2.96. The van der Waals surface area contributed by atoms with E-state index in [-0.39, 0.29) is 18.5 Å². The largest absolute Gasteiger partial charge is 0.496 e. The Kier molecular flexibility index (Phi) is 5.49. The predicted molar refractivity (Wildman–Crippen MR) is 90.0 cm³/mol. The first-order chi connectivity index (χ1) is 11.4. The van der Waals surface area contributed by atoms with Crippen LogP contribution in [0.3, 0.4) is 0 Å². The number of methoxy groups -OCH3 is 2. The van der Waals surface area contributed by atoms with Gasteiger partial charge in [0.15, 0.2) is 0 Å². The van der Waals surface area contributed by atoms with Gasteiger partial charge in [0, 0.05) is 17.5 Å². The van der Waals surface area contributed by atoms with Gasteiger partial charge in [-0.2, -0.15) is 0 Å². The number of carbonyl (C=O) groups excluding carboxylic acids is 2. The zero-order chi connectivity index (χ0) is 17.9. The van der Waals surface area contributed by atoms with Gasteiger partial charge in [-0.05, 0) is 32.3 Å². The normalized spacial score (nSPS) is 13.5. The maximum Gasteiger partial charge on any atom is 0.341 e. The van der Waals surface area contributed by atoms with Crippen LogP contribution in [0.5, 0.6) is 5.75 Å². The van der Waals surface area contributed by atoms with Gasteiger partial charge < -0.3 is 19.9 Å². The maximum atomic E-state index is 11.9. The SMILES string of the molecule is COC(=O)CC/C(C)=C/Cc1c(N)c2c(c(C)c1OC)COC2=O. The highest BCUT2D eigenvalue weighted by molar-refractivity contribution is 6.00. The minimum atomic E-state index is -0.388. The van der Waals surface area contributed by atoms with Crippen LogP contribution < -0.4 is 10.5 Å². The van der Waals surface area contributed by atoms with Crippen LogP contribution in [-0.4, -0.2) is 26.2 Å². The number of cyclic esters (lactones) is 1. The quantitative estimate of drug-likeness (QED) is 0.489. The van der Waals surface area contributed by atoms with E-state index in [2.05, 4.69) is 4.74 Å². The van der Waals surface area contributed by atoms with Crippen molar-refractivity contribution in [2.45, 2.75) is 39.7 Å². The molecule has 0 aromatic heterocycles. The minimum absolute atomic E-state index is 0.231. The number of fused-ring (bicyclic) bond motifs is 1. The highest BCUT2D eigenvalue weighted by atomic mass is 16.5. The summed E-state index contributed by atoms with van der Waals surface area (Å²) in [6.07, 6.45) is 3.45. The second-order valence-corrected chi connectivity index (χ2v) is 5.81. The smallest absolute Gasteiger partial charge is 0.341 e. The molecular weight excluding hydrogens is 310 g/mol. The average molecular weight is 333 g/mol. The molecule has 2 rings (SSSR count). The molecule has 0 spiro atoms. The van der Waals surface area contributed by atoms with Crippen LogP contribution in [0.1, 0.15) is 46.8 Å². The Morgan fingerprint density at radius 2 is 2.04 bits per heavy atom. The molecule has 0 bridgehead atoms. The van der Waals surface area contributed by atoms with Crippen molar-refractivity contribution >= 4 is 17.6 Å².